The Morgan fingerprint density at radius 2 is 1.27 bits per heavy atom. The molecule has 0 unspecified atom stereocenters. The minimum Gasteiger partial charge on any atom is -0.508 e. The van der Waals surface area contributed by atoms with Crippen molar-refractivity contribution in [3.63, 3.8) is 0 Å². The van der Waals surface area contributed by atoms with E-state index in [9.17, 15) is 13.5 Å². The Bertz CT molecular complexity index is 730. The maximum Gasteiger partial charge on any atom is 0.243 e. The van der Waals surface area contributed by atoms with Crippen molar-refractivity contribution in [3.8, 4) is 16.9 Å². The summed E-state index contributed by atoms with van der Waals surface area (Å²) >= 11 is 0. The van der Waals surface area contributed by atoms with Crippen LogP contribution in [0.5, 0.6) is 5.75 Å². The van der Waals surface area contributed by atoms with E-state index in [2.05, 4.69) is 0 Å². The summed E-state index contributed by atoms with van der Waals surface area (Å²) < 4.78 is 26.7. The molecule has 1 saturated heterocycles. The zero-order valence-corrected chi connectivity index (χ0v) is 13.1. The van der Waals surface area contributed by atoms with Crippen LogP contribution in [0, 0.1) is 0 Å². The first-order chi connectivity index (χ1) is 10.6. The van der Waals surface area contributed by atoms with Gasteiger partial charge in [-0.2, -0.15) is 4.31 Å². The van der Waals surface area contributed by atoms with E-state index >= 15 is 0 Å². The highest BCUT2D eigenvalue weighted by atomic mass is 32.2. The van der Waals surface area contributed by atoms with Crippen LogP contribution in [0.15, 0.2) is 53.4 Å². The summed E-state index contributed by atoms with van der Waals surface area (Å²) in [6.07, 6.45) is 2.97. The predicted molar refractivity (Wildman–Crippen MR) is 86.2 cm³/mol. The molecule has 1 heterocycles. The van der Waals surface area contributed by atoms with Crippen LogP contribution in [0.4, 0.5) is 0 Å². The van der Waals surface area contributed by atoms with Crippen LogP contribution in [-0.4, -0.2) is 30.9 Å². The topological polar surface area (TPSA) is 57.6 Å². The van der Waals surface area contributed by atoms with E-state index in [-0.39, 0.29) is 5.75 Å². The molecule has 1 N–H and O–H groups in total. The summed E-state index contributed by atoms with van der Waals surface area (Å²) in [5, 5.41) is 9.31. The lowest BCUT2D eigenvalue weighted by molar-refractivity contribution is 0.346. The molecular weight excluding hydrogens is 298 g/mol. The van der Waals surface area contributed by atoms with Crippen molar-refractivity contribution in [2.75, 3.05) is 13.1 Å². The van der Waals surface area contributed by atoms with Gasteiger partial charge in [0.05, 0.1) is 4.90 Å². The van der Waals surface area contributed by atoms with Gasteiger partial charge in [-0.25, -0.2) is 8.42 Å². The summed E-state index contributed by atoms with van der Waals surface area (Å²) in [4.78, 5) is 0.344. The summed E-state index contributed by atoms with van der Waals surface area (Å²) in [6.45, 7) is 1.23. The fraction of sp³-hybridized carbons (Fsp3) is 0.294. The standard InChI is InChI=1S/C17H19NO3S/c19-16-8-4-14(5-9-16)15-6-10-17(11-7-15)22(20,21)18-12-2-1-3-13-18/h4-11,19H,1-3,12-13H2. The molecule has 3 rings (SSSR count). The summed E-state index contributed by atoms with van der Waals surface area (Å²) in [5.41, 5.74) is 1.87. The second kappa shape index (κ2) is 6.10. The van der Waals surface area contributed by atoms with Gasteiger partial charge in [0, 0.05) is 13.1 Å². The van der Waals surface area contributed by atoms with Gasteiger partial charge in [0.15, 0.2) is 0 Å². The van der Waals surface area contributed by atoms with E-state index < -0.39 is 10.0 Å². The minimum atomic E-state index is -3.37. The highest BCUT2D eigenvalue weighted by molar-refractivity contribution is 7.89. The van der Waals surface area contributed by atoms with Crippen LogP contribution in [0.2, 0.25) is 0 Å². The first kappa shape index (κ1) is 15.1. The molecular formula is C17H19NO3S. The SMILES string of the molecule is O=S(=O)(c1ccc(-c2ccc(O)cc2)cc1)N1CCCCC1. The van der Waals surface area contributed by atoms with E-state index in [0.29, 0.717) is 18.0 Å². The molecule has 0 amide bonds. The van der Waals surface area contributed by atoms with Gasteiger partial charge in [-0.1, -0.05) is 30.7 Å². The summed E-state index contributed by atoms with van der Waals surface area (Å²) in [5.74, 6) is 0.216. The lowest BCUT2D eigenvalue weighted by Crippen LogP contribution is -2.35. The third-order valence-electron chi connectivity index (χ3n) is 4.01. The second-order valence-corrected chi connectivity index (χ2v) is 7.47. The summed E-state index contributed by atoms with van der Waals surface area (Å²) in [6, 6.07) is 13.8. The first-order valence-corrected chi connectivity index (χ1v) is 8.91. The smallest absolute Gasteiger partial charge is 0.243 e. The van der Waals surface area contributed by atoms with Crippen LogP contribution in [0.1, 0.15) is 19.3 Å². The van der Waals surface area contributed by atoms with Crippen LogP contribution < -0.4 is 0 Å². The average molecular weight is 317 g/mol. The Balaban J connectivity index is 1.86. The van der Waals surface area contributed by atoms with Crippen molar-refractivity contribution in [2.24, 2.45) is 0 Å². The molecule has 4 nitrogen and oxygen atoms in total. The number of hydrogen-bond donors (Lipinski definition) is 1. The number of phenols is 1. The molecule has 5 heteroatoms. The van der Waals surface area contributed by atoms with Gasteiger partial charge in [0.2, 0.25) is 10.0 Å². The molecule has 116 valence electrons. The monoisotopic (exact) mass is 317 g/mol. The van der Waals surface area contributed by atoms with Crippen molar-refractivity contribution < 1.29 is 13.5 Å². The molecule has 2 aromatic carbocycles. The van der Waals surface area contributed by atoms with Gasteiger partial charge in [-0.3, -0.25) is 0 Å². The zero-order chi connectivity index (χ0) is 15.6. The minimum absolute atomic E-state index is 0.216. The molecule has 1 aliphatic heterocycles. The van der Waals surface area contributed by atoms with E-state index in [4.69, 9.17) is 0 Å². The van der Waals surface area contributed by atoms with Crippen molar-refractivity contribution in [3.05, 3.63) is 48.5 Å². The molecule has 1 aliphatic rings. The van der Waals surface area contributed by atoms with Crippen molar-refractivity contribution in [1.29, 1.82) is 0 Å². The quantitative estimate of drug-likeness (QED) is 0.945. The summed E-state index contributed by atoms with van der Waals surface area (Å²) in [7, 11) is -3.37. The molecule has 1 fully saturated rings. The number of hydrogen-bond acceptors (Lipinski definition) is 3. The lowest BCUT2D eigenvalue weighted by Gasteiger charge is -2.25. The Kier molecular flexibility index (Phi) is 4.18. The molecule has 0 saturated carbocycles. The Morgan fingerprint density at radius 3 is 1.82 bits per heavy atom. The molecule has 0 spiro atoms. The lowest BCUT2D eigenvalue weighted by atomic mass is 10.1. The average Bonchev–Trinajstić information content (AvgIpc) is 2.56. The normalized spacial score (nSPS) is 16.5. The van der Waals surface area contributed by atoms with Crippen LogP contribution in [-0.2, 0) is 10.0 Å². The Labute approximate surface area is 131 Å². The predicted octanol–water partition coefficient (Wildman–Crippen LogP) is 3.23. The van der Waals surface area contributed by atoms with Crippen molar-refractivity contribution in [1.82, 2.24) is 4.31 Å². The third-order valence-corrected chi connectivity index (χ3v) is 5.92. The third kappa shape index (κ3) is 3.00. The second-order valence-electron chi connectivity index (χ2n) is 5.54. The Morgan fingerprint density at radius 1 is 0.773 bits per heavy atom. The molecule has 2 aromatic rings. The fourth-order valence-electron chi connectivity index (χ4n) is 2.73. The molecule has 0 radical (unpaired) electrons. The van der Waals surface area contributed by atoms with Crippen molar-refractivity contribution in [2.45, 2.75) is 24.2 Å². The van der Waals surface area contributed by atoms with Gasteiger partial charge < -0.3 is 5.11 Å². The number of sulfonamides is 1. The van der Waals surface area contributed by atoms with Crippen LogP contribution in [0.25, 0.3) is 11.1 Å². The van der Waals surface area contributed by atoms with Gasteiger partial charge in [-0.05, 0) is 48.2 Å². The number of benzene rings is 2. The molecule has 22 heavy (non-hydrogen) atoms. The van der Waals surface area contributed by atoms with Gasteiger partial charge in [-0.15, -0.1) is 0 Å². The van der Waals surface area contributed by atoms with E-state index in [1.807, 2.05) is 24.3 Å². The molecule has 0 aromatic heterocycles. The number of piperidine rings is 1. The largest absolute Gasteiger partial charge is 0.508 e. The van der Waals surface area contributed by atoms with E-state index in [0.717, 1.165) is 30.4 Å². The van der Waals surface area contributed by atoms with E-state index in [1.54, 1.807) is 28.6 Å². The fourth-order valence-corrected chi connectivity index (χ4v) is 4.24. The van der Waals surface area contributed by atoms with Crippen molar-refractivity contribution >= 4 is 10.0 Å². The molecule has 0 aliphatic carbocycles. The molecule has 0 bridgehead atoms. The highest BCUT2D eigenvalue weighted by Crippen LogP contribution is 2.25. The number of aromatic hydroxyl groups is 1. The van der Waals surface area contributed by atoms with Gasteiger partial charge in [0.1, 0.15) is 5.75 Å². The maximum absolute atomic E-state index is 12.6. The zero-order valence-electron chi connectivity index (χ0n) is 12.3. The van der Waals surface area contributed by atoms with E-state index in [1.165, 1.54) is 0 Å². The maximum atomic E-state index is 12.6. The van der Waals surface area contributed by atoms with Crippen LogP contribution in [0.3, 0.4) is 0 Å². The number of phenolic OH excluding ortho intramolecular Hbond substituents is 1. The highest BCUT2D eigenvalue weighted by Gasteiger charge is 2.25. The number of rotatable bonds is 3. The van der Waals surface area contributed by atoms with Gasteiger partial charge >= 0.3 is 0 Å². The Hall–Kier alpha value is -1.85. The van der Waals surface area contributed by atoms with Gasteiger partial charge in [0.25, 0.3) is 0 Å². The number of nitrogens with zero attached hydrogens (tertiary/aromatic N) is 1. The molecule has 0 atom stereocenters. The van der Waals surface area contributed by atoms with Crippen LogP contribution >= 0.6 is 0 Å². The first-order valence-electron chi connectivity index (χ1n) is 7.47.